The van der Waals surface area contributed by atoms with Crippen molar-refractivity contribution in [2.45, 2.75) is 31.8 Å². The predicted octanol–water partition coefficient (Wildman–Crippen LogP) is 1.69. The van der Waals surface area contributed by atoms with Crippen LogP contribution >= 0.6 is 0 Å². The largest absolute Gasteiger partial charge is 0.488 e. The number of hydrogen-bond donors (Lipinski definition) is 2. The quantitative estimate of drug-likeness (QED) is 0.761. The number of anilines is 1. The summed E-state index contributed by atoms with van der Waals surface area (Å²) in [6, 6.07) is 4.89. The third kappa shape index (κ3) is 2.27. The molecule has 0 aromatic heterocycles. The van der Waals surface area contributed by atoms with Gasteiger partial charge in [0.15, 0.2) is 0 Å². The van der Waals surface area contributed by atoms with E-state index in [0.717, 1.165) is 12.8 Å². The van der Waals surface area contributed by atoms with E-state index in [2.05, 4.69) is 0 Å². The van der Waals surface area contributed by atoms with Crippen LogP contribution in [0.2, 0.25) is 0 Å². The first-order chi connectivity index (χ1) is 7.66. The second kappa shape index (κ2) is 4.43. The van der Waals surface area contributed by atoms with Crippen molar-refractivity contribution in [1.82, 2.24) is 0 Å². The number of primary amides is 1. The number of benzene rings is 1. The molecule has 0 aliphatic heterocycles. The molecule has 1 aromatic carbocycles. The minimum Gasteiger partial charge on any atom is -0.488 e. The normalized spacial score (nSPS) is 16.2. The molecule has 0 atom stereocenters. The van der Waals surface area contributed by atoms with Crippen molar-refractivity contribution in [3.05, 3.63) is 23.8 Å². The maximum Gasteiger partial charge on any atom is 0.248 e. The summed E-state index contributed by atoms with van der Waals surface area (Å²) in [5.74, 6) is 0.111. The third-order valence-corrected chi connectivity index (χ3v) is 2.89. The topological polar surface area (TPSA) is 78.3 Å². The van der Waals surface area contributed by atoms with Crippen LogP contribution in [0.15, 0.2) is 18.2 Å². The van der Waals surface area contributed by atoms with Crippen LogP contribution in [0.4, 0.5) is 5.69 Å². The molecule has 0 unspecified atom stereocenters. The first-order valence-corrected chi connectivity index (χ1v) is 5.53. The lowest BCUT2D eigenvalue weighted by molar-refractivity contribution is 0.0999. The fourth-order valence-electron chi connectivity index (χ4n) is 1.98. The van der Waals surface area contributed by atoms with E-state index >= 15 is 0 Å². The highest BCUT2D eigenvalue weighted by Gasteiger charge is 2.18. The van der Waals surface area contributed by atoms with Crippen molar-refractivity contribution in [1.29, 1.82) is 0 Å². The van der Waals surface area contributed by atoms with Crippen LogP contribution in [0, 0.1) is 0 Å². The Bertz CT molecular complexity index is 398. The summed E-state index contributed by atoms with van der Waals surface area (Å²) in [6.45, 7) is 0. The molecule has 0 spiro atoms. The molecular formula is C12H16N2O2. The summed E-state index contributed by atoms with van der Waals surface area (Å²) in [7, 11) is 0. The lowest BCUT2D eigenvalue weighted by Crippen LogP contribution is -2.14. The lowest BCUT2D eigenvalue weighted by Gasteiger charge is -2.15. The Balaban J connectivity index is 2.17. The van der Waals surface area contributed by atoms with Crippen molar-refractivity contribution in [3.8, 4) is 5.75 Å². The van der Waals surface area contributed by atoms with E-state index in [9.17, 15) is 4.79 Å². The van der Waals surface area contributed by atoms with Crippen LogP contribution in [-0.4, -0.2) is 12.0 Å². The van der Waals surface area contributed by atoms with Gasteiger partial charge in [0.2, 0.25) is 5.91 Å². The number of nitrogens with two attached hydrogens (primary N) is 2. The highest BCUT2D eigenvalue weighted by atomic mass is 16.5. The Kier molecular flexibility index (Phi) is 2.99. The first kappa shape index (κ1) is 10.8. The number of nitrogen functional groups attached to an aromatic ring is 1. The average molecular weight is 220 g/mol. The van der Waals surface area contributed by atoms with Crippen LogP contribution in [-0.2, 0) is 0 Å². The zero-order valence-corrected chi connectivity index (χ0v) is 9.11. The van der Waals surface area contributed by atoms with Crippen molar-refractivity contribution in [2.24, 2.45) is 5.73 Å². The smallest absolute Gasteiger partial charge is 0.248 e. The van der Waals surface area contributed by atoms with Gasteiger partial charge in [0.25, 0.3) is 0 Å². The number of rotatable bonds is 3. The molecule has 0 bridgehead atoms. The minimum absolute atomic E-state index is 0.227. The molecular weight excluding hydrogens is 204 g/mol. The van der Waals surface area contributed by atoms with Crippen LogP contribution in [0.3, 0.4) is 0 Å². The number of carbonyl (C=O) groups is 1. The Morgan fingerprint density at radius 3 is 2.62 bits per heavy atom. The summed E-state index contributed by atoms with van der Waals surface area (Å²) < 4.78 is 5.76. The van der Waals surface area contributed by atoms with Crippen molar-refractivity contribution in [2.75, 3.05) is 5.73 Å². The molecule has 4 nitrogen and oxygen atoms in total. The predicted molar refractivity (Wildman–Crippen MR) is 62.3 cm³/mol. The Labute approximate surface area is 94.6 Å². The minimum atomic E-state index is -0.462. The molecule has 4 heteroatoms. The fraction of sp³-hybridized carbons (Fsp3) is 0.417. The molecule has 0 saturated heterocycles. The zero-order valence-electron chi connectivity index (χ0n) is 9.11. The van der Waals surface area contributed by atoms with Crippen LogP contribution in [0.1, 0.15) is 36.0 Å². The maximum atomic E-state index is 11.0. The van der Waals surface area contributed by atoms with E-state index in [0.29, 0.717) is 17.0 Å². The van der Waals surface area contributed by atoms with Gasteiger partial charge in [-0.25, -0.2) is 0 Å². The lowest BCUT2D eigenvalue weighted by atomic mass is 10.2. The van der Waals surface area contributed by atoms with Crippen LogP contribution < -0.4 is 16.2 Å². The van der Waals surface area contributed by atoms with Crippen molar-refractivity contribution >= 4 is 11.6 Å². The van der Waals surface area contributed by atoms with Gasteiger partial charge in [-0.2, -0.15) is 0 Å². The number of amides is 1. The van der Waals surface area contributed by atoms with Gasteiger partial charge in [0.05, 0.1) is 11.8 Å². The molecule has 1 aromatic rings. The summed E-state index contributed by atoms with van der Waals surface area (Å²) in [4.78, 5) is 11.0. The van der Waals surface area contributed by atoms with E-state index in [1.165, 1.54) is 12.8 Å². The van der Waals surface area contributed by atoms with Gasteiger partial charge in [0.1, 0.15) is 5.75 Å². The summed E-state index contributed by atoms with van der Waals surface area (Å²) >= 11 is 0. The molecule has 1 aliphatic rings. The van der Waals surface area contributed by atoms with Gasteiger partial charge in [-0.15, -0.1) is 0 Å². The van der Waals surface area contributed by atoms with Crippen LogP contribution in [0.25, 0.3) is 0 Å². The monoisotopic (exact) mass is 220 g/mol. The standard InChI is InChI=1S/C12H16N2O2/c13-10-6-5-8(12(14)15)7-11(10)16-9-3-1-2-4-9/h5-7,9H,1-4,13H2,(H2,14,15). The van der Waals surface area contributed by atoms with Gasteiger partial charge in [-0.1, -0.05) is 0 Å². The molecule has 0 radical (unpaired) electrons. The first-order valence-electron chi connectivity index (χ1n) is 5.53. The molecule has 0 heterocycles. The van der Waals surface area contributed by atoms with Gasteiger partial charge in [-0.3, -0.25) is 4.79 Å². The maximum absolute atomic E-state index is 11.0. The number of ether oxygens (including phenoxy) is 1. The zero-order chi connectivity index (χ0) is 11.5. The summed E-state index contributed by atoms with van der Waals surface area (Å²) in [6.07, 6.45) is 4.73. The van der Waals surface area contributed by atoms with E-state index in [1.807, 2.05) is 0 Å². The molecule has 1 fully saturated rings. The van der Waals surface area contributed by atoms with E-state index in [-0.39, 0.29) is 6.10 Å². The summed E-state index contributed by atoms with van der Waals surface area (Å²) in [5, 5.41) is 0. The summed E-state index contributed by atoms with van der Waals surface area (Å²) in [5.41, 5.74) is 12.0. The molecule has 16 heavy (non-hydrogen) atoms. The number of carbonyl (C=O) groups excluding carboxylic acids is 1. The molecule has 1 amide bonds. The number of hydrogen-bond acceptors (Lipinski definition) is 3. The highest BCUT2D eigenvalue weighted by Crippen LogP contribution is 2.28. The average Bonchev–Trinajstić information content (AvgIpc) is 2.73. The third-order valence-electron chi connectivity index (χ3n) is 2.89. The molecule has 86 valence electrons. The SMILES string of the molecule is NC(=O)c1ccc(N)c(OC2CCCC2)c1. The Morgan fingerprint density at radius 2 is 2.00 bits per heavy atom. The second-order valence-electron chi connectivity index (χ2n) is 4.14. The second-order valence-corrected chi connectivity index (χ2v) is 4.14. The Hall–Kier alpha value is -1.71. The van der Waals surface area contributed by atoms with Crippen molar-refractivity contribution in [3.63, 3.8) is 0 Å². The molecule has 1 saturated carbocycles. The van der Waals surface area contributed by atoms with Gasteiger partial charge >= 0.3 is 0 Å². The Morgan fingerprint density at radius 1 is 1.31 bits per heavy atom. The molecule has 2 rings (SSSR count). The van der Waals surface area contributed by atoms with Crippen LogP contribution in [0.5, 0.6) is 5.75 Å². The van der Waals surface area contributed by atoms with E-state index in [4.69, 9.17) is 16.2 Å². The van der Waals surface area contributed by atoms with Crippen molar-refractivity contribution < 1.29 is 9.53 Å². The fourth-order valence-corrected chi connectivity index (χ4v) is 1.98. The van der Waals surface area contributed by atoms with Gasteiger partial charge in [0, 0.05) is 5.56 Å². The highest BCUT2D eigenvalue weighted by molar-refractivity contribution is 5.93. The van der Waals surface area contributed by atoms with Gasteiger partial charge < -0.3 is 16.2 Å². The van der Waals surface area contributed by atoms with E-state index < -0.39 is 5.91 Å². The van der Waals surface area contributed by atoms with Gasteiger partial charge in [-0.05, 0) is 43.9 Å². The molecule has 1 aliphatic carbocycles. The van der Waals surface area contributed by atoms with E-state index in [1.54, 1.807) is 18.2 Å². The molecule has 4 N–H and O–H groups in total.